The summed E-state index contributed by atoms with van der Waals surface area (Å²) in [5.74, 6) is 0.766. The van der Waals surface area contributed by atoms with Gasteiger partial charge in [-0.1, -0.05) is 5.10 Å². The number of hydrogen-bond donors (Lipinski definition) is 1. The molecule has 0 saturated heterocycles. The van der Waals surface area contributed by atoms with Crippen LogP contribution in [0.3, 0.4) is 0 Å². The van der Waals surface area contributed by atoms with Crippen molar-refractivity contribution in [1.82, 2.24) is 20.2 Å². The highest BCUT2D eigenvalue weighted by atomic mass is 15.6. The Morgan fingerprint density at radius 1 is 1.60 bits per heavy atom. The Kier molecular flexibility index (Phi) is 1.09. The van der Waals surface area contributed by atoms with Crippen LogP contribution in [0.15, 0.2) is 0 Å². The van der Waals surface area contributed by atoms with Crippen molar-refractivity contribution in [1.29, 1.82) is 0 Å². The van der Waals surface area contributed by atoms with E-state index in [9.17, 15) is 0 Å². The number of hydrogen-bond acceptors (Lipinski definition) is 4. The van der Waals surface area contributed by atoms with Crippen molar-refractivity contribution in [2.45, 2.75) is 18.9 Å². The van der Waals surface area contributed by atoms with Crippen LogP contribution in [0.25, 0.3) is 0 Å². The minimum atomic E-state index is 0.615. The first-order valence-corrected chi connectivity index (χ1v) is 3.35. The lowest BCUT2D eigenvalue weighted by Crippen LogP contribution is -2.07. The predicted octanol–water partition coefficient (Wildman–Crippen LogP) is -0.216. The average Bonchev–Trinajstić information content (AvgIpc) is 2.62. The van der Waals surface area contributed by atoms with Crippen LogP contribution in [-0.4, -0.2) is 26.2 Å². The maximum atomic E-state index is 3.79. The van der Waals surface area contributed by atoms with Gasteiger partial charge in [-0.3, -0.25) is 0 Å². The number of aromatic nitrogens is 4. The van der Waals surface area contributed by atoms with Gasteiger partial charge < -0.3 is 5.32 Å². The fraction of sp³-hybridized carbons (Fsp3) is 0.800. The third kappa shape index (κ3) is 0.940. The van der Waals surface area contributed by atoms with Crippen LogP contribution in [0.4, 0.5) is 5.95 Å². The van der Waals surface area contributed by atoms with Crippen molar-refractivity contribution in [3.8, 4) is 0 Å². The molecule has 0 atom stereocenters. The second-order valence-corrected chi connectivity index (χ2v) is 2.54. The molecule has 0 unspecified atom stereocenters. The van der Waals surface area contributed by atoms with Crippen molar-refractivity contribution in [2.75, 3.05) is 5.32 Å². The Morgan fingerprint density at radius 3 is 2.90 bits per heavy atom. The molecule has 1 aliphatic carbocycles. The van der Waals surface area contributed by atoms with Crippen LogP contribution in [0.2, 0.25) is 0 Å². The smallest absolute Gasteiger partial charge is 0.242 e. The lowest BCUT2D eigenvalue weighted by molar-refractivity contribution is 0.712. The average molecular weight is 139 g/mol. The maximum absolute atomic E-state index is 3.79. The SMILES string of the molecule is Cn1nnnc1NC1CC1. The van der Waals surface area contributed by atoms with E-state index >= 15 is 0 Å². The van der Waals surface area contributed by atoms with Crippen LogP contribution in [0, 0.1) is 0 Å². The van der Waals surface area contributed by atoms with Gasteiger partial charge >= 0.3 is 0 Å². The minimum Gasteiger partial charge on any atom is -0.350 e. The summed E-state index contributed by atoms with van der Waals surface area (Å²) in [5.41, 5.74) is 0. The summed E-state index contributed by atoms with van der Waals surface area (Å²) in [6, 6.07) is 0.615. The summed E-state index contributed by atoms with van der Waals surface area (Å²) in [6.07, 6.45) is 2.49. The summed E-state index contributed by atoms with van der Waals surface area (Å²) in [5, 5.41) is 14.2. The second kappa shape index (κ2) is 1.93. The first-order chi connectivity index (χ1) is 4.86. The maximum Gasteiger partial charge on any atom is 0.242 e. The van der Waals surface area contributed by atoms with Gasteiger partial charge in [-0.15, -0.1) is 0 Å². The monoisotopic (exact) mass is 139 g/mol. The molecule has 2 rings (SSSR count). The molecule has 1 saturated carbocycles. The van der Waals surface area contributed by atoms with Crippen LogP contribution in [-0.2, 0) is 7.05 Å². The lowest BCUT2D eigenvalue weighted by Gasteiger charge is -1.98. The molecule has 0 aliphatic heterocycles. The molecular weight excluding hydrogens is 130 g/mol. The van der Waals surface area contributed by atoms with Gasteiger partial charge in [0.2, 0.25) is 5.95 Å². The molecule has 1 aromatic rings. The van der Waals surface area contributed by atoms with Gasteiger partial charge in [0.05, 0.1) is 0 Å². The van der Waals surface area contributed by atoms with Crippen LogP contribution in [0.5, 0.6) is 0 Å². The summed E-state index contributed by atoms with van der Waals surface area (Å²) < 4.78 is 1.64. The van der Waals surface area contributed by atoms with Crippen LogP contribution < -0.4 is 5.32 Å². The molecule has 54 valence electrons. The molecule has 0 bridgehead atoms. The molecule has 1 heterocycles. The first-order valence-electron chi connectivity index (χ1n) is 3.35. The topological polar surface area (TPSA) is 55.6 Å². The summed E-state index contributed by atoms with van der Waals surface area (Å²) >= 11 is 0. The molecular formula is C5H9N5. The van der Waals surface area contributed by atoms with Gasteiger partial charge in [-0.05, 0) is 23.3 Å². The molecule has 5 nitrogen and oxygen atoms in total. The molecule has 10 heavy (non-hydrogen) atoms. The number of aryl methyl sites for hydroxylation is 1. The van der Waals surface area contributed by atoms with Crippen molar-refractivity contribution >= 4 is 5.95 Å². The minimum absolute atomic E-state index is 0.615. The quantitative estimate of drug-likeness (QED) is 0.615. The van der Waals surface area contributed by atoms with E-state index in [1.165, 1.54) is 12.8 Å². The lowest BCUT2D eigenvalue weighted by atomic mass is 10.7. The highest BCUT2D eigenvalue weighted by Gasteiger charge is 2.22. The molecule has 0 spiro atoms. The summed E-state index contributed by atoms with van der Waals surface area (Å²) in [7, 11) is 1.82. The predicted molar refractivity (Wildman–Crippen MR) is 35.4 cm³/mol. The van der Waals surface area contributed by atoms with E-state index in [0.29, 0.717) is 6.04 Å². The number of nitrogens with one attached hydrogen (secondary N) is 1. The Labute approximate surface area is 58.4 Å². The van der Waals surface area contributed by atoms with Crippen molar-refractivity contribution < 1.29 is 0 Å². The van der Waals surface area contributed by atoms with Crippen molar-refractivity contribution in [3.05, 3.63) is 0 Å². The molecule has 1 N–H and O–H groups in total. The summed E-state index contributed by atoms with van der Waals surface area (Å²) in [4.78, 5) is 0. The molecule has 0 radical (unpaired) electrons. The zero-order valence-corrected chi connectivity index (χ0v) is 5.78. The van der Waals surface area contributed by atoms with Gasteiger partial charge in [-0.25, -0.2) is 4.68 Å². The van der Waals surface area contributed by atoms with Crippen LogP contribution in [0.1, 0.15) is 12.8 Å². The van der Waals surface area contributed by atoms with E-state index in [1.807, 2.05) is 7.05 Å². The normalized spacial score (nSPS) is 17.3. The van der Waals surface area contributed by atoms with Crippen molar-refractivity contribution in [2.24, 2.45) is 7.05 Å². The molecule has 1 fully saturated rings. The Balaban J connectivity index is 2.08. The van der Waals surface area contributed by atoms with Crippen LogP contribution >= 0.6 is 0 Å². The second-order valence-electron chi connectivity index (χ2n) is 2.54. The Bertz CT molecular complexity index is 226. The van der Waals surface area contributed by atoms with Gasteiger partial charge in [0.25, 0.3) is 0 Å². The fourth-order valence-corrected chi connectivity index (χ4v) is 0.762. The van der Waals surface area contributed by atoms with E-state index in [4.69, 9.17) is 0 Å². The molecule has 0 amide bonds. The number of tetrazole rings is 1. The molecule has 0 aromatic carbocycles. The molecule has 1 aromatic heterocycles. The molecule has 5 heteroatoms. The number of rotatable bonds is 2. The third-order valence-electron chi connectivity index (χ3n) is 1.53. The van der Waals surface area contributed by atoms with Gasteiger partial charge in [-0.2, -0.15) is 0 Å². The van der Waals surface area contributed by atoms with E-state index in [2.05, 4.69) is 20.8 Å². The number of nitrogens with zero attached hydrogens (tertiary/aromatic N) is 4. The van der Waals surface area contributed by atoms with E-state index in [1.54, 1.807) is 4.68 Å². The van der Waals surface area contributed by atoms with Gasteiger partial charge in [0.1, 0.15) is 0 Å². The van der Waals surface area contributed by atoms with E-state index < -0.39 is 0 Å². The largest absolute Gasteiger partial charge is 0.350 e. The Hall–Kier alpha value is -1.13. The molecule has 1 aliphatic rings. The zero-order chi connectivity index (χ0) is 6.97. The standard InChI is InChI=1S/C5H9N5/c1-10-5(7-8-9-10)6-4-2-3-4/h4H,2-3H2,1H3,(H,6,7,9). The van der Waals surface area contributed by atoms with E-state index in [0.717, 1.165) is 5.95 Å². The highest BCUT2D eigenvalue weighted by molar-refractivity contribution is 5.25. The third-order valence-corrected chi connectivity index (χ3v) is 1.53. The summed E-state index contributed by atoms with van der Waals surface area (Å²) in [6.45, 7) is 0. The van der Waals surface area contributed by atoms with Gasteiger partial charge in [0.15, 0.2) is 0 Å². The fourth-order valence-electron chi connectivity index (χ4n) is 0.762. The first kappa shape index (κ1) is 5.64. The highest BCUT2D eigenvalue weighted by Crippen LogP contribution is 2.22. The van der Waals surface area contributed by atoms with E-state index in [-0.39, 0.29) is 0 Å². The Morgan fingerprint density at radius 2 is 2.40 bits per heavy atom. The number of anilines is 1. The van der Waals surface area contributed by atoms with Crippen molar-refractivity contribution in [3.63, 3.8) is 0 Å². The van der Waals surface area contributed by atoms with Gasteiger partial charge in [0, 0.05) is 13.1 Å². The zero-order valence-electron chi connectivity index (χ0n) is 5.78.